The van der Waals surface area contributed by atoms with Crippen LogP contribution in [0.5, 0.6) is 5.75 Å². The SMILES string of the molecule is COc1ccccc1C1CNCCN1C(=O)c1cc2c(C)nn(C)c2nc1C. The number of ether oxygens (including phenoxy) is 1. The van der Waals surface area contributed by atoms with E-state index in [1.54, 1.807) is 11.8 Å². The number of piperazine rings is 1. The third-order valence-corrected chi connectivity index (χ3v) is 5.42. The van der Waals surface area contributed by atoms with Crippen molar-refractivity contribution in [3.63, 3.8) is 0 Å². The number of carbonyl (C=O) groups excluding carboxylic acids is 1. The summed E-state index contributed by atoms with van der Waals surface area (Å²) in [6, 6.07) is 9.72. The number of methoxy groups -OCH3 is 1. The molecule has 146 valence electrons. The highest BCUT2D eigenvalue weighted by Crippen LogP contribution is 2.32. The average molecular weight is 379 g/mol. The van der Waals surface area contributed by atoms with Crippen LogP contribution in [0.15, 0.2) is 30.3 Å². The van der Waals surface area contributed by atoms with Crippen molar-refractivity contribution in [2.24, 2.45) is 7.05 Å². The maximum absolute atomic E-state index is 13.6. The lowest BCUT2D eigenvalue weighted by Crippen LogP contribution is -2.49. The van der Waals surface area contributed by atoms with Gasteiger partial charge in [0, 0.05) is 37.6 Å². The number of fused-ring (bicyclic) bond motifs is 1. The van der Waals surface area contributed by atoms with Gasteiger partial charge in [-0.15, -0.1) is 0 Å². The van der Waals surface area contributed by atoms with Crippen LogP contribution in [0.25, 0.3) is 11.0 Å². The summed E-state index contributed by atoms with van der Waals surface area (Å²) < 4.78 is 7.30. The Balaban J connectivity index is 1.76. The van der Waals surface area contributed by atoms with Crippen LogP contribution in [0.2, 0.25) is 0 Å². The fourth-order valence-electron chi connectivity index (χ4n) is 3.97. The van der Waals surface area contributed by atoms with E-state index in [0.717, 1.165) is 40.3 Å². The highest BCUT2D eigenvalue weighted by Gasteiger charge is 2.31. The number of aryl methyl sites for hydroxylation is 3. The lowest BCUT2D eigenvalue weighted by Gasteiger charge is -2.37. The number of carbonyl (C=O) groups is 1. The van der Waals surface area contributed by atoms with Gasteiger partial charge in [0.2, 0.25) is 0 Å². The summed E-state index contributed by atoms with van der Waals surface area (Å²) in [5, 5.41) is 8.75. The predicted octanol–water partition coefficient (Wildman–Crippen LogP) is 2.38. The van der Waals surface area contributed by atoms with Gasteiger partial charge >= 0.3 is 0 Å². The molecule has 0 radical (unpaired) electrons. The molecule has 1 aliphatic heterocycles. The minimum atomic E-state index is -0.0949. The molecular formula is C21H25N5O2. The zero-order valence-corrected chi connectivity index (χ0v) is 16.7. The van der Waals surface area contributed by atoms with Gasteiger partial charge in [0.25, 0.3) is 5.91 Å². The lowest BCUT2D eigenvalue weighted by molar-refractivity contribution is 0.0630. The average Bonchev–Trinajstić information content (AvgIpc) is 2.99. The molecule has 1 unspecified atom stereocenters. The second kappa shape index (κ2) is 7.24. The molecule has 0 spiro atoms. The first kappa shape index (κ1) is 18.4. The Hall–Kier alpha value is -2.93. The normalized spacial score (nSPS) is 17.1. The molecule has 4 rings (SSSR count). The number of hydrogen-bond donors (Lipinski definition) is 1. The molecule has 0 bridgehead atoms. The van der Waals surface area contributed by atoms with Gasteiger partial charge in [-0.25, -0.2) is 4.98 Å². The molecule has 3 aromatic rings. The second-order valence-corrected chi connectivity index (χ2v) is 7.16. The van der Waals surface area contributed by atoms with Crippen molar-refractivity contribution in [2.45, 2.75) is 19.9 Å². The van der Waals surface area contributed by atoms with Crippen LogP contribution < -0.4 is 10.1 Å². The van der Waals surface area contributed by atoms with Gasteiger partial charge in [0.05, 0.1) is 30.1 Å². The van der Waals surface area contributed by atoms with Gasteiger partial charge in [-0.2, -0.15) is 5.10 Å². The molecule has 1 aromatic carbocycles. The molecule has 1 saturated heterocycles. The van der Waals surface area contributed by atoms with E-state index in [2.05, 4.69) is 15.4 Å². The largest absolute Gasteiger partial charge is 0.496 e. The van der Waals surface area contributed by atoms with Gasteiger partial charge in [-0.05, 0) is 26.0 Å². The summed E-state index contributed by atoms with van der Waals surface area (Å²) >= 11 is 0. The Bertz CT molecular complexity index is 1040. The number of nitrogens with zero attached hydrogens (tertiary/aromatic N) is 4. The molecule has 7 heteroatoms. The van der Waals surface area contributed by atoms with Crippen molar-refractivity contribution >= 4 is 16.9 Å². The van der Waals surface area contributed by atoms with E-state index in [9.17, 15) is 4.79 Å². The Morgan fingerprint density at radius 2 is 2.04 bits per heavy atom. The maximum atomic E-state index is 13.6. The second-order valence-electron chi connectivity index (χ2n) is 7.16. The summed E-state index contributed by atoms with van der Waals surface area (Å²) in [7, 11) is 3.53. The minimum absolute atomic E-state index is 0.00689. The van der Waals surface area contributed by atoms with E-state index in [0.29, 0.717) is 18.7 Å². The summed E-state index contributed by atoms with van der Waals surface area (Å²) in [4.78, 5) is 20.1. The van der Waals surface area contributed by atoms with Gasteiger partial charge in [-0.1, -0.05) is 18.2 Å². The fourth-order valence-corrected chi connectivity index (χ4v) is 3.97. The number of nitrogens with one attached hydrogen (secondary N) is 1. The number of benzene rings is 1. The number of aromatic nitrogens is 3. The topological polar surface area (TPSA) is 72.3 Å². The van der Waals surface area contributed by atoms with Crippen molar-refractivity contribution in [1.29, 1.82) is 0 Å². The van der Waals surface area contributed by atoms with Crippen LogP contribution in [0, 0.1) is 13.8 Å². The van der Waals surface area contributed by atoms with Crippen LogP contribution in [0.4, 0.5) is 0 Å². The number of pyridine rings is 1. The first-order chi connectivity index (χ1) is 13.5. The zero-order valence-electron chi connectivity index (χ0n) is 16.7. The Labute approximate surface area is 164 Å². The first-order valence-corrected chi connectivity index (χ1v) is 9.46. The maximum Gasteiger partial charge on any atom is 0.256 e. The lowest BCUT2D eigenvalue weighted by atomic mass is 10.00. The van der Waals surface area contributed by atoms with Crippen molar-refractivity contribution in [1.82, 2.24) is 25.0 Å². The molecule has 28 heavy (non-hydrogen) atoms. The number of rotatable bonds is 3. The number of hydrogen-bond acceptors (Lipinski definition) is 5. The van der Waals surface area contributed by atoms with E-state index in [1.807, 2.05) is 56.1 Å². The van der Waals surface area contributed by atoms with Gasteiger partial charge < -0.3 is 15.0 Å². The first-order valence-electron chi connectivity index (χ1n) is 9.46. The molecule has 7 nitrogen and oxygen atoms in total. The minimum Gasteiger partial charge on any atom is -0.496 e. The quantitative estimate of drug-likeness (QED) is 0.756. The summed E-state index contributed by atoms with van der Waals surface area (Å²) in [6.45, 7) is 5.90. The van der Waals surface area contributed by atoms with Gasteiger partial charge in [0.1, 0.15) is 5.75 Å². The molecule has 2 aromatic heterocycles. The fraction of sp³-hybridized carbons (Fsp3) is 0.381. The summed E-state index contributed by atoms with van der Waals surface area (Å²) in [6.07, 6.45) is 0. The molecule has 1 fully saturated rings. The van der Waals surface area contributed by atoms with Crippen LogP contribution in [0.3, 0.4) is 0 Å². The monoisotopic (exact) mass is 379 g/mol. The van der Waals surface area contributed by atoms with E-state index >= 15 is 0 Å². The Morgan fingerprint density at radius 3 is 2.82 bits per heavy atom. The molecular weight excluding hydrogens is 354 g/mol. The van der Waals surface area contributed by atoms with Crippen LogP contribution in [-0.4, -0.2) is 52.3 Å². The van der Waals surface area contributed by atoms with E-state index in [-0.39, 0.29) is 11.9 Å². The highest BCUT2D eigenvalue weighted by atomic mass is 16.5. The van der Waals surface area contributed by atoms with Crippen molar-refractivity contribution < 1.29 is 9.53 Å². The molecule has 1 amide bonds. The van der Waals surface area contributed by atoms with Crippen molar-refractivity contribution in [3.8, 4) is 5.75 Å². The van der Waals surface area contributed by atoms with Crippen molar-refractivity contribution in [2.75, 3.05) is 26.7 Å². The van der Waals surface area contributed by atoms with Crippen LogP contribution in [-0.2, 0) is 7.05 Å². The number of amides is 1. The Morgan fingerprint density at radius 1 is 1.25 bits per heavy atom. The van der Waals surface area contributed by atoms with E-state index in [4.69, 9.17) is 4.74 Å². The molecule has 1 N–H and O–H groups in total. The van der Waals surface area contributed by atoms with Crippen molar-refractivity contribution in [3.05, 3.63) is 52.8 Å². The standard InChI is InChI=1S/C21H25N5O2/c1-13-17(11-16-14(2)24-25(3)20(16)23-13)21(27)26-10-9-22-12-18(26)15-7-5-6-8-19(15)28-4/h5-8,11,18,22H,9-10,12H2,1-4H3. The van der Waals surface area contributed by atoms with E-state index < -0.39 is 0 Å². The molecule has 0 aliphatic carbocycles. The summed E-state index contributed by atoms with van der Waals surface area (Å²) in [5.41, 5.74) is 4.03. The zero-order chi connectivity index (χ0) is 19.8. The molecule has 0 saturated carbocycles. The highest BCUT2D eigenvalue weighted by molar-refractivity contribution is 5.99. The number of para-hydroxylation sites is 1. The molecule has 1 aliphatic rings. The van der Waals surface area contributed by atoms with Gasteiger partial charge in [0.15, 0.2) is 5.65 Å². The third-order valence-electron chi connectivity index (χ3n) is 5.42. The summed E-state index contributed by atoms with van der Waals surface area (Å²) in [5.74, 6) is 0.787. The Kier molecular flexibility index (Phi) is 4.77. The van der Waals surface area contributed by atoms with E-state index in [1.165, 1.54) is 0 Å². The van der Waals surface area contributed by atoms with Crippen LogP contribution >= 0.6 is 0 Å². The molecule has 3 heterocycles. The van der Waals surface area contributed by atoms with Gasteiger partial charge in [-0.3, -0.25) is 9.48 Å². The molecule has 1 atom stereocenters. The third kappa shape index (κ3) is 3.01. The predicted molar refractivity (Wildman–Crippen MR) is 108 cm³/mol. The van der Waals surface area contributed by atoms with Crippen LogP contribution in [0.1, 0.15) is 33.4 Å². The smallest absolute Gasteiger partial charge is 0.256 e.